The average molecular weight is 308 g/mol. The predicted octanol–water partition coefficient (Wildman–Crippen LogP) is 2.95. The molecule has 0 saturated carbocycles. The number of sulfone groups is 1. The molecule has 0 fully saturated rings. The Morgan fingerprint density at radius 1 is 1.42 bits per heavy atom. The third-order valence-electron chi connectivity index (χ3n) is 3.09. The van der Waals surface area contributed by atoms with Crippen LogP contribution in [0.15, 0.2) is 18.2 Å². The van der Waals surface area contributed by atoms with Crippen molar-refractivity contribution in [1.29, 1.82) is 0 Å². The lowest BCUT2D eigenvalue weighted by molar-refractivity contribution is 0.530. The molecular weight excluding hydrogens is 289 g/mol. The van der Waals surface area contributed by atoms with Crippen LogP contribution in [0.2, 0.25) is 5.02 Å². The van der Waals surface area contributed by atoms with Crippen molar-refractivity contribution >= 4 is 21.4 Å². The molecule has 0 spiro atoms. The molecule has 3 nitrogen and oxygen atoms in total. The molecule has 0 aliphatic carbocycles. The van der Waals surface area contributed by atoms with Gasteiger partial charge in [0.1, 0.15) is 15.7 Å². The van der Waals surface area contributed by atoms with Gasteiger partial charge >= 0.3 is 0 Å². The Balaban J connectivity index is 2.71. The Morgan fingerprint density at radius 2 is 2.11 bits per heavy atom. The highest BCUT2D eigenvalue weighted by molar-refractivity contribution is 7.91. The summed E-state index contributed by atoms with van der Waals surface area (Å²) in [7, 11) is -1.21. The van der Waals surface area contributed by atoms with E-state index in [4.69, 9.17) is 11.6 Å². The molecule has 0 aromatic heterocycles. The molecule has 0 aliphatic heterocycles. The zero-order valence-corrected chi connectivity index (χ0v) is 12.7. The van der Waals surface area contributed by atoms with Crippen LogP contribution in [-0.4, -0.2) is 27.0 Å². The van der Waals surface area contributed by atoms with E-state index in [0.717, 1.165) is 0 Å². The number of benzene rings is 1. The van der Waals surface area contributed by atoms with E-state index in [1.54, 1.807) is 26.1 Å². The number of hydrogen-bond acceptors (Lipinski definition) is 3. The first-order valence-corrected chi connectivity index (χ1v) is 8.42. The molecule has 0 radical (unpaired) electrons. The van der Waals surface area contributed by atoms with E-state index < -0.39 is 15.7 Å². The van der Waals surface area contributed by atoms with E-state index >= 15 is 0 Å². The van der Waals surface area contributed by atoms with E-state index in [0.29, 0.717) is 18.4 Å². The summed E-state index contributed by atoms with van der Waals surface area (Å²) in [5.41, 5.74) is 0.665. The van der Waals surface area contributed by atoms with Gasteiger partial charge in [-0.25, -0.2) is 12.8 Å². The molecule has 1 unspecified atom stereocenters. The highest BCUT2D eigenvalue weighted by atomic mass is 35.5. The molecule has 0 heterocycles. The van der Waals surface area contributed by atoms with Crippen LogP contribution in [0.25, 0.3) is 0 Å². The molecule has 1 atom stereocenters. The minimum absolute atomic E-state index is 0.0974. The Bertz CT molecular complexity index is 519. The SMILES string of the molecule is CCS(=O)(=O)CCCC(NC)c1cccc(F)c1Cl. The third-order valence-corrected chi connectivity index (χ3v) is 5.28. The van der Waals surface area contributed by atoms with Gasteiger partial charge in [0, 0.05) is 11.8 Å². The van der Waals surface area contributed by atoms with Crippen molar-refractivity contribution in [2.45, 2.75) is 25.8 Å². The van der Waals surface area contributed by atoms with Crippen molar-refractivity contribution in [3.8, 4) is 0 Å². The minimum atomic E-state index is -2.96. The Morgan fingerprint density at radius 3 is 2.68 bits per heavy atom. The van der Waals surface area contributed by atoms with Gasteiger partial charge in [-0.15, -0.1) is 0 Å². The maximum atomic E-state index is 13.4. The monoisotopic (exact) mass is 307 g/mol. The van der Waals surface area contributed by atoms with Crippen LogP contribution in [0.1, 0.15) is 31.4 Å². The van der Waals surface area contributed by atoms with Gasteiger partial charge in [0.2, 0.25) is 0 Å². The van der Waals surface area contributed by atoms with Gasteiger partial charge in [-0.3, -0.25) is 0 Å². The molecular formula is C13H19ClFNO2S. The first kappa shape index (κ1) is 16.4. The van der Waals surface area contributed by atoms with Crippen LogP contribution in [0.3, 0.4) is 0 Å². The van der Waals surface area contributed by atoms with E-state index in [1.165, 1.54) is 6.07 Å². The second kappa shape index (κ2) is 7.22. The zero-order valence-electron chi connectivity index (χ0n) is 11.1. The average Bonchev–Trinajstić information content (AvgIpc) is 2.38. The van der Waals surface area contributed by atoms with Crippen molar-refractivity contribution in [2.24, 2.45) is 0 Å². The summed E-state index contributed by atoms with van der Waals surface area (Å²) >= 11 is 5.93. The normalized spacial score (nSPS) is 13.5. The van der Waals surface area contributed by atoms with Gasteiger partial charge in [0.05, 0.1) is 10.8 Å². The lowest BCUT2D eigenvalue weighted by Crippen LogP contribution is -2.19. The molecule has 0 bridgehead atoms. The number of hydrogen-bond donors (Lipinski definition) is 1. The summed E-state index contributed by atoms with van der Waals surface area (Å²) in [4.78, 5) is 0. The number of rotatable bonds is 7. The van der Waals surface area contributed by atoms with Crippen LogP contribution in [0.4, 0.5) is 4.39 Å². The van der Waals surface area contributed by atoms with Gasteiger partial charge in [0.25, 0.3) is 0 Å². The Hall–Kier alpha value is -0.650. The first-order valence-electron chi connectivity index (χ1n) is 6.23. The molecule has 1 N–H and O–H groups in total. The fraction of sp³-hybridized carbons (Fsp3) is 0.538. The first-order chi connectivity index (χ1) is 8.91. The number of nitrogens with one attached hydrogen (secondary N) is 1. The largest absolute Gasteiger partial charge is 0.313 e. The summed E-state index contributed by atoms with van der Waals surface area (Å²) in [6, 6.07) is 4.51. The topological polar surface area (TPSA) is 46.2 Å². The van der Waals surface area contributed by atoms with E-state index in [1.807, 2.05) is 0 Å². The highest BCUT2D eigenvalue weighted by Crippen LogP contribution is 2.28. The van der Waals surface area contributed by atoms with Gasteiger partial charge in [-0.1, -0.05) is 30.7 Å². The van der Waals surface area contributed by atoms with E-state index in [-0.39, 0.29) is 22.6 Å². The summed E-state index contributed by atoms with van der Waals surface area (Å²) < 4.78 is 36.2. The van der Waals surface area contributed by atoms with E-state index in [9.17, 15) is 12.8 Å². The van der Waals surface area contributed by atoms with Crippen LogP contribution < -0.4 is 5.32 Å². The minimum Gasteiger partial charge on any atom is -0.313 e. The molecule has 108 valence electrons. The molecule has 1 aromatic carbocycles. The van der Waals surface area contributed by atoms with Crippen LogP contribution in [0, 0.1) is 5.82 Å². The molecule has 19 heavy (non-hydrogen) atoms. The standard InChI is InChI=1S/C13H19ClFNO2S/c1-3-19(17,18)9-5-8-12(16-2)10-6-4-7-11(15)13(10)14/h4,6-7,12,16H,3,5,8-9H2,1-2H3. The Kier molecular flexibility index (Phi) is 6.23. The van der Waals surface area contributed by atoms with E-state index in [2.05, 4.69) is 5.32 Å². The maximum Gasteiger partial charge on any atom is 0.150 e. The third kappa shape index (κ3) is 4.75. The van der Waals surface area contributed by atoms with Crippen LogP contribution in [0.5, 0.6) is 0 Å². The fourth-order valence-electron chi connectivity index (χ4n) is 1.90. The zero-order chi connectivity index (χ0) is 14.5. The Labute approximate surface area is 119 Å². The fourth-order valence-corrected chi connectivity index (χ4v) is 3.05. The summed E-state index contributed by atoms with van der Waals surface area (Å²) in [5, 5.41) is 3.14. The lowest BCUT2D eigenvalue weighted by atomic mass is 10.0. The lowest BCUT2D eigenvalue weighted by Gasteiger charge is -2.18. The second-order valence-corrected chi connectivity index (χ2v) is 7.21. The van der Waals surface area contributed by atoms with Crippen LogP contribution >= 0.6 is 11.6 Å². The summed E-state index contributed by atoms with van der Waals surface area (Å²) in [6.07, 6.45) is 1.12. The quantitative estimate of drug-likeness (QED) is 0.842. The predicted molar refractivity (Wildman–Crippen MR) is 76.8 cm³/mol. The molecule has 0 aliphatic rings. The van der Waals surface area contributed by atoms with Gasteiger partial charge in [-0.2, -0.15) is 0 Å². The summed E-state index contributed by atoms with van der Waals surface area (Å²) in [6.45, 7) is 1.63. The van der Waals surface area contributed by atoms with Crippen LogP contribution in [-0.2, 0) is 9.84 Å². The molecule has 0 amide bonds. The molecule has 1 aromatic rings. The summed E-state index contributed by atoms with van der Waals surface area (Å²) in [5.74, 6) is -0.160. The van der Waals surface area contributed by atoms with Crippen molar-refractivity contribution in [2.75, 3.05) is 18.6 Å². The van der Waals surface area contributed by atoms with Crippen molar-refractivity contribution in [3.63, 3.8) is 0 Å². The highest BCUT2D eigenvalue weighted by Gasteiger charge is 2.16. The smallest absolute Gasteiger partial charge is 0.150 e. The van der Waals surface area contributed by atoms with Gasteiger partial charge in [-0.05, 0) is 31.5 Å². The second-order valence-electron chi connectivity index (χ2n) is 4.36. The molecule has 0 saturated heterocycles. The van der Waals surface area contributed by atoms with Crippen molar-refractivity contribution in [3.05, 3.63) is 34.6 Å². The number of halogens is 2. The van der Waals surface area contributed by atoms with Gasteiger partial charge < -0.3 is 5.32 Å². The van der Waals surface area contributed by atoms with Crippen molar-refractivity contribution < 1.29 is 12.8 Å². The molecule has 6 heteroatoms. The molecule has 1 rings (SSSR count). The maximum absolute atomic E-state index is 13.4. The van der Waals surface area contributed by atoms with Gasteiger partial charge in [0.15, 0.2) is 0 Å². The van der Waals surface area contributed by atoms with Crippen molar-refractivity contribution in [1.82, 2.24) is 5.32 Å².